The molecule has 110 valence electrons. The van der Waals surface area contributed by atoms with E-state index in [0.717, 1.165) is 19.0 Å². The van der Waals surface area contributed by atoms with Gasteiger partial charge in [-0.3, -0.25) is 0 Å². The Labute approximate surface area is 114 Å². The molecule has 1 heterocycles. The summed E-state index contributed by atoms with van der Waals surface area (Å²) in [4.78, 5) is 0. The lowest BCUT2D eigenvalue weighted by atomic mass is 10.2. The highest BCUT2D eigenvalue weighted by atomic mass is 16.5. The summed E-state index contributed by atoms with van der Waals surface area (Å²) in [5.74, 6) is 1.37. The number of rotatable bonds is 10. The van der Waals surface area contributed by atoms with E-state index in [2.05, 4.69) is 34.7 Å². The van der Waals surface area contributed by atoms with Crippen molar-refractivity contribution in [1.82, 2.24) is 25.5 Å². The molecule has 0 saturated heterocycles. The van der Waals surface area contributed by atoms with Crippen LogP contribution in [0.4, 0.5) is 0 Å². The lowest BCUT2D eigenvalue weighted by molar-refractivity contribution is 0.0996. The molecule has 0 aliphatic rings. The van der Waals surface area contributed by atoms with Gasteiger partial charge in [0.15, 0.2) is 5.82 Å². The van der Waals surface area contributed by atoms with Crippen molar-refractivity contribution in [3.05, 3.63) is 5.82 Å². The standard InChI is InChI=1S/C12H25N5O2/c1-10(2)9-19-8-6-17-12(14-15-16-17)11(3)13-5-7-18-4/h10-11,13H,5-9H2,1-4H3. The van der Waals surface area contributed by atoms with Crippen molar-refractivity contribution in [3.8, 4) is 0 Å². The summed E-state index contributed by atoms with van der Waals surface area (Å²) in [6, 6.07) is 0.0928. The summed E-state index contributed by atoms with van der Waals surface area (Å²) in [5.41, 5.74) is 0. The predicted molar refractivity (Wildman–Crippen MR) is 71.8 cm³/mol. The molecule has 1 rings (SSSR count). The fourth-order valence-electron chi connectivity index (χ4n) is 1.62. The molecule has 0 aliphatic carbocycles. The fourth-order valence-corrected chi connectivity index (χ4v) is 1.62. The van der Waals surface area contributed by atoms with E-state index in [-0.39, 0.29) is 6.04 Å². The van der Waals surface area contributed by atoms with Gasteiger partial charge in [-0.1, -0.05) is 13.8 Å². The largest absolute Gasteiger partial charge is 0.383 e. The number of nitrogens with one attached hydrogen (secondary N) is 1. The summed E-state index contributed by atoms with van der Waals surface area (Å²) >= 11 is 0. The van der Waals surface area contributed by atoms with E-state index < -0.39 is 0 Å². The summed E-state index contributed by atoms with van der Waals surface area (Å²) in [5, 5.41) is 15.1. The minimum Gasteiger partial charge on any atom is -0.383 e. The number of nitrogens with zero attached hydrogens (tertiary/aromatic N) is 4. The van der Waals surface area contributed by atoms with E-state index in [4.69, 9.17) is 9.47 Å². The molecule has 19 heavy (non-hydrogen) atoms. The molecule has 1 atom stereocenters. The van der Waals surface area contributed by atoms with Crippen molar-refractivity contribution in [1.29, 1.82) is 0 Å². The molecule has 0 fully saturated rings. The summed E-state index contributed by atoms with van der Waals surface area (Å²) in [6.07, 6.45) is 0. The third-order valence-corrected chi connectivity index (χ3v) is 2.60. The van der Waals surface area contributed by atoms with Crippen LogP contribution in [0.3, 0.4) is 0 Å². The van der Waals surface area contributed by atoms with Gasteiger partial charge in [0.2, 0.25) is 0 Å². The van der Waals surface area contributed by atoms with Crippen molar-refractivity contribution in [2.75, 3.05) is 33.5 Å². The molecular weight excluding hydrogens is 246 g/mol. The van der Waals surface area contributed by atoms with Gasteiger partial charge in [0.1, 0.15) is 0 Å². The Hall–Kier alpha value is -1.05. The van der Waals surface area contributed by atoms with Crippen molar-refractivity contribution in [2.24, 2.45) is 5.92 Å². The Morgan fingerprint density at radius 1 is 1.26 bits per heavy atom. The number of ether oxygens (including phenoxy) is 2. The van der Waals surface area contributed by atoms with Crippen LogP contribution in [0.15, 0.2) is 0 Å². The smallest absolute Gasteiger partial charge is 0.168 e. The van der Waals surface area contributed by atoms with E-state index in [0.29, 0.717) is 25.7 Å². The first-order valence-electron chi connectivity index (χ1n) is 6.71. The molecule has 0 aromatic carbocycles. The maximum atomic E-state index is 5.54. The van der Waals surface area contributed by atoms with Crippen LogP contribution in [-0.4, -0.2) is 53.7 Å². The van der Waals surface area contributed by atoms with Crippen molar-refractivity contribution in [3.63, 3.8) is 0 Å². The zero-order chi connectivity index (χ0) is 14.1. The highest BCUT2D eigenvalue weighted by Gasteiger charge is 2.13. The molecule has 1 N–H and O–H groups in total. The number of hydrogen-bond acceptors (Lipinski definition) is 6. The van der Waals surface area contributed by atoms with Crippen LogP contribution in [0.2, 0.25) is 0 Å². The third-order valence-electron chi connectivity index (χ3n) is 2.60. The Kier molecular flexibility index (Phi) is 7.54. The Bertz CT molecular complexity index is 343. The second-order valence-corrected chi connectivity index (χ2v) is 4.90. The van der Waals surface area contributed by atoms with Crippen molar-refractivity contribution in [2.45, 2.75) is 33.4 Å². The zero-order valence-corrected chi connectivity index (χ0v) is 12.3. The molecule has 0 saturated carbocycles. The molecule has 1 aromatic rings. The van der Waals surface area contributed by atoms with Gasteiger partial charge >= 0.3 is 0 Å². The van der Waals surface area contributed by atoms with Gasteiger partial charge in [0.25, 0.3) is 0 Å². The quantitative estimate of drug-likeness (QED) is 0.630. The second-order valence-electron chi connectivity index (χ2n) is 4.90. The van der Waals surface area contributed by atoms with Gasteiger partial charge in [0.05, 0.1) is 25.8 Å². The zero-order valence-electron chi connectivity index (χ0n) is 12.3. The molecule has 1 unspecified atom stereocenters. The van der Waals surface area contributed by atoms with Crippen LogP contribution < -0.4 is 5.32 Å². The molecule has 0 amide bonds. The maximum absolute atomic E-state index is 5.54. The molecule has 0 spiro atoms. The highest BCUT2D eigenvalue weighted by molar-refractivity contribution is 4.89. The molecule has 7 nitrogen and oxygen atoms in total. The average molecular weight is 271 g/mol. The highest BCUT2D eigenvalue weighted by Crippen LogP contribution is 2.06. The number of tetrazole rings is 1. The maximum Gasteiger partial charge on any atom is 0.168 e. The number of aromatic nitrogens is 4. The van der Waals surface area contributed by atoms with Crippen LogP contribution in [-0.2, 0) is 16.0 Å². The molecule has 0 bridgehead atoms. The summed E-state index contributed by atoms with van der Waals surface area (Å²) in [7, 11) is 1.68. The Balaban J connectivity index is 2.36. The lowest BCUT2D eigenvalue weighted by Gasteiger charge is -2.13. The fraction of sp³-hybridized carbons (Fsp3) is 0.917. The Morgan fingerprint density at radius 2 is 2.05 bits per heavy atom. The molecule has 0 radical (unpaired) electrons. The molecular formula is C12H25N5O2. The minimum absolute atomic E-state index is 0.0928. The van der Waals surface area contributed by atoms with Gasteiger partial charge in [-0.15, -0.1) is 5.10 Å². The molecule has 7 heteroatoms. The topological polar surface area (TPSA) is 74.1 Å². The summed E-state index contributed by atoms with van der Waals surface area (Å²) in [6.45, 7) is 9.80. The van der Waals surface area contributed by atoms with E-state index in [9.17, 15) is 0 Å². The first-order valence-corrected chi connectivity index (χ1v) is 6.71. The first-order chi connectivity index (χ1) is 9.15. The third kappa shape index (κ3) is 6.09. The normalized spacial score (nSPS) is 13.1. The van der Waals surface area contributed by atoms with Gasteiger partial charge in [-0.25, -0.2) is 4.68 Å². The van der Waals surface area contributed by atoms with Crippen LogP contribution in [0.5, 0.6) is 0 Å². The minimum atomic E-state index is 0.0928. The van der Waals surface area contributed by atoms with Crippen LogP contribution in [0.25, 0.3) is 0 Å². The van der Waals surface area contributed by atoms with Gasteiger partial charge in [-0.2, -0.15) is 0 Å². The van der Waals surface area contributed by atoms with E-state index >= 15 is 0 Å². The van der Waals surface area contributed by atoms with E-state index in [1.54, 1.807) is 11.8 Å². The number of hydrogen-bond donors (Lipinski definition) is 1. The van der Waals surface area contributed by atoms with Crippen LogP contribution >= 0.6 is 0 Å². The second kappa shape index (κ2) is 8.95. The number of methoxy groups -OCH3 is 1. The van der Waals surface area contributed by atoms with Crippen LogP contribution in [0, 0.1) is 5.92 Å². The molecule has 1 aromatic heterocycles. The monoisotopic (exact) mass is 271 g/mol. The lowest BCUT2D eigenvalue weighted by Crippen LogP contribution is -2.26. The average Bonchev–Trinajstić information content (AvgIpc) is 2.83. The van der Waals surface area contributed by atoms with Crippen LogP contribution in [0.1, 0.15) is 32.6 Å². The van der Waals surface area contributed by atoms with Crippen molar-refractivity contribution < 1.29 is 9.47 Å². The Morgan fingerprint density at radius 3 is 2.74 bits per heavy atom. The first kappa shape index (κ1) is 16.0. The SMILES string of the molecule is COCCNC(C)c1nnnn1CCOCC(C)C. The molecule has 0 aliphatic heterocycles. The van der Waals surface area contributed by atoms with E-state index in [1.807, 2.05) is 6.92 Å². The van der Waals surface area contributed by atoms with Gasteiger partial charge in [-0.05, 0) is 23.3 Å². The predicted octanol–water partition coefficient (Wildman–Crippen LogP) is 0.643. The van der Waals surface area contributed by atoms with Crippen molar-refractivity contribution >= 4 is 0 Å². The van der Waals surface area contributed by atoms with Gasteiger partial charge in [0, 0.05) is 20.3 Å². The summed E-state index contributed by atoms with van der Waals surface area (Å²) < 4.78 is 12.3. The van der Waals surface area contributed by atoms with Gasteiger partial charge < -0.3 is 14.8 Å². The van der Waals surface area contributed by atoms with E-state index in [1.165, 1.54) is 0 Å².